The van der Waals surface area contributed by atoms with Gasteiger partial charge in [-0.1, -0.05) is 0 Å². The topological polar surface area (TPSA) is 92.3 Å². The van der Waals surface area contributed by atoms with Gasteiger partial charge in [0.2, 0.25) is 0 Å². The van der Waals surface area contributed by atoms with E-state index in [1.165, 1.54) is 18.9 Å². The Morgan fingerprint density at radius 1 is 1.29 bits per heavy atom. The van der Waals surface area contributed by atoms with Crippen LogP contribution in [0.15, 0.2) is 36.1 Å². The van der Waals surface area contributed by atoms with Crippen LogP contribution in [0.3, 0.4) is 0 Å². The molecule has 3 aromatic rings. The molecule has 0 amide bonds. The highest BCUT2D eigenvalue weighted by atomic mass is 16.5. The molecule has 1 N–H and O–H groups in total. The van der Waals surface area contributed by atoms with E-state index in [9.17, 15) is 5.21 Å². The number of fused-ring (bicyclic) bond motifs is 1. The molecule has 8 nitrogen and oxygen atoms in total. The van der Waals surface area contributed by atoms with E-state index in [2.05, 4.69) is 24.9 Å². The first-order valence-electron chi connectivity index (χ1n) is 6.21. The number of hydrogen-bond donors (Lipinski definition) is 1. The van der Waals surface area contributed by atoms with E-state index < -0.39 is 0 Å². The lowest BCUT2D eigenvalue weighted by Crippen LogP contribution is -2.15. The second kappa shape index (κ2) is 5.25. The summed E-state index contributed by atoms with van der Waals surface area (Å²) in [5, 5.41) is 10.8. The normalized spacial score (nSPS) is 11.4. The maximum Gasteiger partial charge on any atom is 0.185 e. The standard InChI is InChI=1S/C13H13N7O/c1-9-3-10(5-14-4-9)20(21)8-18-12-11-13(16-6-15-12)19(2)7-17-11/h3-8,21H,1-2H3/b18-8+. The van der Waals surface area contributed by atoms with Gasteiger partial charge in [-0.25, -0.2) is 25.0 Å². The van der Waals surface area contributed by atoms with E-state index in [1.54, 1.807) is 23.2 Å². The zero-order valence-electron chi connectivity index (χ0n) is 11.5. The smallest absolute Gasteiger partial charge is 0.185 e. The number of pyridine rings is 1. The number of aromatic nitrogens is 5. The van der Waals surface area contributed by atoms with E-state index in [0.717, 1.165) is 10.6 Å². The van der Waals surface area contributed by atoms with Crippen LogP contribution < -0.4 is 5.06 Å². The zero-order chi connectivity index (χ0) is 14.8. The second-order valence-corrected chi connectivity index (χ2v) is 4.53. The molecule has 3 rings (SSSR count). The number of aryl methyl sites for hydroxylation is 2. The lowest BCUT2D eigenvalue weighted by Gasteiger charge is -2.10. The van der Waals surface area contributed by atoms with E-state index in [0.29, 0.717) is 22.7 Å². The van der Waals surface area contributed by atoms with Gasteiger partial charge in [0.25, 0.3) is 0 Å². The van der Waals surface area contributed by atoms with Crippen LogP contribution >= 0.6 is 0 Å². The summed E-state index contributed by atoms with van der Waals surface area (Å²) in [5.41, 5.74) is 2.71. The van der Waals surface area contributed by atoms with Crippen LogP contribution in [-0.4, -0.2) is 36.0 Å². The minimum atomic E-state index is 0.389. The Hall–Kier alpha value is -2.87. The van der Waals surface area contributed by atoms with Crippen LogP contribution in [0.5, 0.6) is 0 Å². The molecule has 0 atom stereocenters. The minimum Gasteiger partial charge on any atom is -0.318 e. The lowest BCUT2D eigenvalue weighted by atomic mass is 10.3. The van der Waals surface area contributed by atoms with Crippen molar-refractivity contribution in [3.63, 3.8) is 0 Å². The van der Waals surface area contributed by atoms with Crippen molar-refractivity contribution in [3.8, 4) is 0 Å². The van der Waals surface area contributed by atoms with Crippen molar-refractivity contribution < 1.29 is 5.21 Å². The molecule has 0 aromatic carbocycles. The molecule has 0 bridgehead atoms. The van der Waals surface area contributed by atoms with Gasteiger partial charge in [0.05, 0.1) is 18.2 Å². The fourth-order valence-corrected chi connectivity index (χ4v) is 1.87. The van der Waals surface area contributed by atoms with Crippen molar-refractivity contribution in [1.82, 2.24) is 24.5 Å². The van der Waals surface area contributed by atoms with Gasteiger partial charge < -0.3 is 4.57 Å². The summed E-state index contributed by atoms with van der Waals surface area (Å²) < 4.78 is 1.78. The largest absolute Gasteiger partial charge is 0.318 e. The molecule has 8 heteroatoms. The Labute approximate surface area is 120 Å². The molecule has 0 saturated carbocycles. The molecule has 0 aliphatic carbocycles. The number of hydrogen-bond acceptors (Lipinski definition) is 6. The van der Waals surface area contributed by atoms with Crippen molar-refractivity contribution in [2.24, 2.45) is 12.0 Å². The average molecular weight is 283 g/mol. The molecule has 21 heavy (non-hydrogen) atoms. The predicted molar refractivity (Wildman–Crippen MR) is 77.7 cm³/mol. The molecule has 0 radical (unpaired) electrons. The Kier molecular flexibility index (Phi) is 3.28. The van der Waals surface area contributed by atoms with E-state index in [1.807, 2.05) is 14.0 Å². The molecule has 0 saturated heterocycles. The van der Waals surface area contributed by atoms with Gasteiger partial charge in [-0.2, -0.15) is 0 Å². The Balaban J connectivity index is 1.91. The summed E-state index contributed by atoms with van der Waals surface area (Å²) in [6.45, 7) is 1.89. The SMILES string of the molecule is Cc1cncc(N(O)/C=N/c2ncnc3c2ncn3C)c1. The number of anilines is 1. The van der Waals surface area contributed by atoms with Crippen LogP contribution in [0.1, 0.15) is 5.56 Å². The van der Waals surface area contributed by atoms with Gasteiger partial charge in [-0.3, -0.25) is 10.2 Å². The zero-order valence-corrected chi connectivity index (χ0v) is 11.5. The third-order valence-electron chi connectivity index (χ3n) is 2.89. The second-order valence-electron chi connectivity index (χ2n) is 4.53. The summed E-state index contributed by atoms with van der Waals surface area (Å²) in [6, 6.07) is 1.79. The highest BCUT2D eigenvalue weighted by Gasteiger charge is 2.07. The van der Waals surface area contributed by atoms with Crippen LogP contribution in [0.25, 0.3) is 11.2 Å². The molecule has 106 valence electrons. The fraction of sp³-hybridized carbons (Fsp3) is 0.154. The van der Waals surface area contributed by atoms with Crippen LogP contribution in [-0.2, 0) is 7.05 Å². The van der Waals surface area contributed by atoms with Crippen LogP contribution in [0.4, 0.5) is 11.5 Å². The van der Waals surface area contributed by atoms with Crippen molar-refractivity contribution in [1.29, 1.82) is 0 Å². The quantitative estimate of drug-likeness (QED) is 0.446. The maximum atomic E-state index is 9.96. The van der Waals surface area contributed by atoms with Crippen molar-refractivity contribution in [2.75, 3.05) is 5.06 Å². The van der Waals surface area contributed by atoms with E-state index in [-0.39, 0.29) is 0 Å². The Morgan fingerprint density at radius 3 is 2.95 bits per heavy atom. The molecule has 3 aromatic heterocycles. The summed E-state index contributed by atoms with van der Waals surface area (Å²) in [5.74, 6) is 0.389. The molecule has 0 aliphatic rings. The first-order chi connectivity index (χ1) is 10.1. The first-order valence-corrected chi connectivity index (χ1v) is 6.21. The van der Waals surface area contributed by atoms with Gasteiger partial charge in [-0.15, -0.1) is 0 Å². The van der Waals surface area contributed by atoms with Gasteiger partial charge in [0.15, 0.2) is 17.0 Å². The number of nitrogens with zero attached hydrogens (tertiary/aromatic N) is 7. The molecule has 3 heterocycles. The molecule has 0 aliphatic heterocycles. The van der Waals surface area contributed by atoms with Crippen LogP contribution in [0.2, 0.25) is 0 Å². The predicted octanol–water partition coefficient (Wildman–Crippen LogP) is 1.62. The minimum absolute atomic E-state index is 0.389. The summed E-state index contributed by atoms with van der Waals surface area (Å²) >= 11 is 0. The average Bonchev–Trinajstić information content (AvgIpc) is 2.87. The molecule has 0 unspecified atom stereocenters. The summed E-state index contributed by atoms with van der Waals surface area (Å²) in [6.07, 6.45) is 7.55. The summed E-state index contributed by atoms with van der Waals surface area (Å²) in [7, 11) is 1.84. The van der Waals surface area contributed by atoms with Crippen molar-refractivity contribution in [2.45, 2.75) is 6.92 Å². The number of hydroxylamine groups is 1. The highest BCUT2D eigenvalue weighted by Crippen LogP contribution is 2.19. The van der Waals surface area contributed by atoms with E-state index >= 15 is 0 Å². The molecular formula is C13H13N7O. The highest BCUT2D eigenvalue weighted by molar-refractivity contribution is 5.85. The van der Waals surface area contributed by atoms with Crippen LogP contribution in [0, 0.1) is 6.92 Å². The monoisotopic (exact) mass is 283 g/mol. The lowest BCUT2D eigenvalue weighted by molar-refractivity contribution is 0.316. The Bertz CT molecular complexity index is 811. The third kappa shape index (κ3) is 2.56. The van der Waals surface area contributed by atoms with Gasteiger partial charge in [0, 0.05) is 13.2 Å². The first kappa shape index (κ1) is 13.1. The van der Waals surface area contributed by atoms with E-state index in [4.69, 9.17) is 0 Å². The third-order valence-corrected chi connectivity index (χ3v) is 2.89. The van der Waals surface area contributed by atoms with Gasteiger partial charge >= 0.3 is 0 Å². The number of imidazole rings is 1. The number of rotatable bonds is 3. The molecular weight excluding hydrogens is 270 g/mol. The van der Waals surface area contributed by atoms with Gasteiger partial charge in [0.1, 0.15) is 12.7 Å². The summed E-state index contributed by atoms with van der Waals surface area (Å²) in [4.78, 5) is 20.5. The fourth-order valence-electron chi connectivity index (χ4n) is 1.87. The molecule has 0 spiro atoms. The maximum absolute atomic E-state index is 9.96. The molecule has 0 fully saturated rings. The van der Waals surface area contributed by atoms with Crippen molar-refractivity contribution in [3.05, 3.63) is 36.7 Å². The Morgan fingerprint density at radius 2 is 2.14 bits per heavy atom. The van der Waals surface area contributed by atoms with Crippen molar-refractivity contribution >= 4 is 29.0 Å². The number of aliphatic imine (C=N–C) groups is 1. The van der Waals surface area contributed by atoms with Gasteiger partial charge in [-0.05, 0) is 18.6 Å².